The topological polar surface area (TPSA) is 12.4 Å². The number of hydrogen-bond donors (Lipinski definition) is 0. The van der Waals surface area contributed by atoms with Gasteiger partial charge in [0.15, 0.2) is 0 Å². The van der Waals surface area contributed by atoms with E-state index < -0.39 is 0 Å². The molecule has 1 rings (SSSR count). The van der Waals surface area contributed by atoms with E-state index in [9.17, 15) is 0 Å². The first kappa shape index (κ1) is 8.51. The first-order chi connectivity index (χ1) is 5.43. The van der Waals surface area contributed by atoms with Gasteiger partial charge >= 0.3 is 0 Å². The van der Waals surface area contributed by atoms with Gasteiger partial charge in [-0.25, -0.2) is 0 Å². The first-order valence-corrected chi connectivity index (χ1v) is 4.61. The van der Waals surface area contributed by atoms with Crippen LogP contribution in [0.5, 0.6) is 0 Å². The summed E-state index contributed by atoms with van der Waals surface area (Å²) in [5.74, 6) is 0. The van der Waals surface area contributed by atoms with Crippen LogP contribution in [0.2, 0.25) is 0 Å². The maximum absolute atomic E-state index is 4.15. The Morgan fingerprint density at radius 2 is 2.36 bits per heavy atom. The second kappa shape index (κ2) is 5.11. The van der Waals surface area contributed by atoms with Gasteiger partial charge in [0.1, 0.15) is 0 Å². The van der Waals surface area contributed by atoms with Crippen molar-refractivity contribution in [3.63, 3.8) is 0 Å². The van der Waals surface area contributed by atoms with E-state index in [1.54, 1.807) is 5.57 Å². The lowest BCUT2D eigenvalue weighted by Crippen LogP contribution is -1.94. The molecule has 0 unspecified atom stereocenters. The van der Waals surface area contributed by atoms with E-state index in [0.29, 0.717) is 0 Å². The maximum atomic E-state index is 4.15. The summed E-state index contributed by atoms with van der Waals surface area (Å²) in [5, 5.41) is 0. The van der Waals surface area contributed by atoms with E-state index in [1.807, 2.05) is 6.21 Å². The summed E-state index contributed by atoms with van der Waals surface area (Å²) in [6, 6.07) is 0. The highest BCUT2D eigenvalue weighted by Gasteiger charge is 1.98. The summed E-state index contributed by atoms with van der Waals surface area (Å²) in [5.41, 5.74) is 1.59. The minimum absolute atomic E-state index is 1.01. The third kappa shape index (κ3) is 3.35. The molecule has 1 nitrogen and oxygen atoms in total. The Balaban J connectivity index is 2.15. The molecule has 0 aromatic heterocycles. The molecule has 0 N–H and O–H groups in total. The Kier molecular flexibility index (Phi) is 3.95. The number of dihydropyridines is 1. The Bertz CT molecular complexity index is 156. The van der Waals surface area contributed by atoms with Crippen LogP contribution in [0.3, 0.4) is 0 Å². The van der Waals surface area contributed by atoms with Crippen LogP contribution >= 0.6 is 0 Å². The van der Waals surface area contributed by atoms with E-state index in [-0.39, 0.29) is 0 Å². The lowest BCUT2D eigenvalue weighted by atomic mass is 10.0. The number of unbranched alkanes of at least 4 members (excludes halogenated alkanes) is 2. The van der Waals surface area contributed by atoms with Gasteiger partial charge in [-0.1, -0.05) is 25.3 Å². The third-order valence-corrected chi connectivity index (χ3v) is 2.08. The molecule has 1 heterocycles. The van der Waals surface area contributed by atoms with Crippen molar-refractivity contribution < 1.29 is 0 Å². The van der Waals surface area contributed by atoms with E-state index in [1.165, 1.54) is 32.1 Å². The van der Waals surface area contributed by atoms with Crippen LogP contribution in [0.15, 0.2) is 16.6 Å². The standard InChI is InChI=1S/C10H17N/c1-2-3-4-5-10-6-8-11-9-7-10/h6,8H,2-5,7,9H2,1H3. The van der Waals surface area contributed by atoms with Crippen LogP contribution in [-0.4, -0.2) is 12.8 Å². The van der Waals surface area contributed by atoms with Gasteiger partial charge in [0.2, 0.25) is 0 Å². The van der Waals surface area contributed by atoms with Crippen molar-refractivity contribution in [2.45, 2.75) is 39.0 Å². The van der Waals surface area contributed by atoms with Crippen molar-refractivity contribution in [1.29, 1.82) is 0 Å². The summed E-state index contributed by atoms with van der Waals surface area (Å²) >= 11 is 0. The van der Waals surface area contributed by atoms with Gasteiger partial charge < -0.3 is 0 Å². The fraction of sp³-hybridized carbons (Fsp3) is 0.700. The van der Waals surface area contributed by atoms with E-state index in [4.69, 9.17) is 0 Å². The highest BCUT2D eigenvalue weighted by Crippen LogP contribution is 2.13. The van der Waals surface area contributed by atoms with Crippen LogP contribution in [-0.2, 0) is 0 Å². The average Bonchev–Trinajstić information content (AvgIpc) is 2.07. The molecule has 0 fully saturated rings. The first-order valence-electron chi connectivity index (χ1n) is 4.61. The minimum Gasteiger partial charge on any atom is -0.293 e. The highest BCUT2D eigenvalue weighted by molar-refractivity contribution is 5.73. The zero-order valence-corrected chi connectivity index (χ0v) is 7.34. The molecule has 0 radical (unpaired) electrons. The predicted molar refractivity (Wildman–Crippen MR) is 50.2 cm³/mol. The summed E-state index contributed by atoms with van der Waals surface area (Å²) in [7, 11) is 0. The van der Waals surface area contributed by atoms with Crippen molar-refractivity contribution in [1.82, 2.24) is 0 Å². The summed E-state index contributed by atoms with van der Waals surface area (Å²) in [6.45, 7) is 3.26. The lowest BCUT2D eigenvalue weighted by Gasteiger charge is -2.07. The smallest absolute Gasteiger partial charge is 0.0426 e. The molecule has 62 valence electrons. The molecular formula is C10H17N. The minimum atomic E-state index is 1.01. The molecule has 1 heteroatoms. The van der Waals surface area contributed by atoms with Crippen LogP contribution in [0, 0.1) is 0 Å². The van der Waals surface area contributed by atoms with Gasteiger partial charge in [-0.2, -0.15) is 0 Å². The predicted octanol–water partition coefficient (Wildman–Crippen LogP) is 2.97. The monoisotopic (exact) mass is 151 g/mol. The lowest BCUT2D eigenvalue weighted by molar-refractivity contribution is 0.695. The molecular weight excluding hydrogens is 134 g/mol. The maximum Gasteiger partial charge on any atom is 0.0426 e. The summed E-state index contributed by atoms with van der Waals surface area (Å²) in [6.07, 6.45) is 10.7. The van der Waals surface area contributed by atoms with E-state index >= 15 is 0 Å². The molecule has 0 amide bonds. The van der Waals surface area contributed by atoms with E-state index in [2.05, 4.69) is 18.0 Å². The third-order valence-electron chi connectivity index (χ3n) is 2.08. The molecule has 0 aromatic carbocycles. The summed E-state index contributed by atoms with van der Waals surface area (Å²) in [4.78, 5) is 4.15. The molecule has 0 atom stereocenters. The number of aliphatic imine (C=N–C) groups is 1. The zero-order valence-electron chi connectivity index (χ0n) is 7.34. The zero-order chi connectivity index (χ0) is 7.94. The molecule has 0 saturated carbocycles. The van der Waals surface area contributed by atoms with Crippen molar-refractivity contribution in [3.05, 3.63) is 11.6 Å². The molecule has 0 bridgehead atoms. The highest BCUT2D eigenvalue weighted by atomic mass is 14.7. The number of nitrogens with zero attached hydrogens (tertiary/aromatic N) is 1. The van der Waals surface area contributed by atoms with Crippen molar-refractivity contribution in [2.24, 2.45) is 4.99 Å². The van der Waals surface area contributed by atoms with E-state index in [0.717, 1.165) is 6.54 Å². The van der Waals surface area contributed by atoms with Gasteiger partial charge in [-0.3, -0.25) is 4.99 Å². The van der Waals surface area contributed by atoms with Gasteiger partial charge in [0.05, 0.1) is 0 Å². The molecule has 0 spiro atoms. The molecule has 0 aliphatic carbocycles. The van der Waals surface area contributed by atoms with Crippen molar-refractivity contribution in [3.8, 4) is 0 Å². The molecule has 0 saturated heterocycles. The number of allylic oxidation sites excluding steroid dienone is 1. The Hall–Kier alpha value is -0.590. The van der Waals surface area contributed by atoms with Crippen LogP contribution in [0.25, 0.3) is 0 Å². The van der Waals surface area contributed by atoms with Gasteiger partial charge in [0.25, 0.3) is 0 Å². The average molecular weight is 151 g/mol. The van der Waals surface area contributed by atoms with Crippen LogP contribution < -0.4 is 0 Å². The molecule has 1 aliphatic rings. The number of rotatable bonds is 4. The summed E-state index contributed by atoms with van der Waals surface area (Å²) < 4.78 is 0. The Morgan fingerprint density at radius 3 is 3.00 bits per heavy atom. The van der Waals surface area contributed by atoms with Gasteiger partial charge in [-0.05, 0) is 25.3 Å². The largest absolute Gasteiger partial charge is 0.293 e. The van der Waals surface area contributed by atoms with Crippen molar-refractivity contribution in [2.75, 3.05) is 6.54 Å². The molecule has 1 aliphatic heterocycles. The Labute approximate surface area is 69.2 Å². The normalized spacial score (nSPS) is 16.6. The fourth-order valence-electron chi connectivity index (χ4n) is 1.33. The quantitative estimate of drug-likeness (QED) is 0.548. The molecule has 11 heavy (non-hydrogen) atoms. The SMILES string of the molecule is CCCCCC1=CC=NCC1. The molecule has 0 aromatic rings. The number of hydrogen-bond acceptors (Lipinski definition) is 1. The van der Waals surface area contributed by atoms with Crippen molar-refractivity contribution >= 4 is 6.21 Å². The van der Waals surface area contributed by atoms with Gasteiger partial charge in [0, 0.05) is 12.8 Å². The van der Waals surface area contributed by atoms with Crippen LogP contribution in [0.1, 0.15) is 39.0 Å². The second-order valence-corrected chi connectivity index (χ2v) is 3.09. The second-order valence-electron chi connectivity index (χ2n) is 3.09. The van der Waals surface area contributed by atoms with Crippen LogP contribution in [0.4, 0.5) is 0 Å². The fourth-order valence-corrected chi connectivity index (χ4v) is 1.33. The Morgan fingerprint density at radius 1 is 1.45 bits per heavy atom. The van der Waals surface area contributed by atoms with Gasteiger partial charge in [-0.15, -0.1) is 0 Å².